The largest absolute Gasteiger partial charge is 0.328 e. The summed E-state index contributed by atoms with van der Waals surface area (Å²) in [4.78, 5) is 17.8. The Morgan fingerprint density at radius 1 is 1.18 bits per heavy atom. The van der Waals surface area contributed by atoms with Crippen molar-refractivity contribution in [2.24, 2.45) is 0 Å². The number of hydrogen-bond acceptors (Lipinski definition) is 5. The van der Waals surface area contributed by atoms with Gasteiger partial charge in [-0.3, -0.25) is 4.79 Å². The number of halogens is 1. The minimum absolute atomic E-state index is 0.258. The average Bonchev–Trinajstić information content (AvgIpc) is 3.44. The molecule has 1 amide bonds. The molecule has 4 aromatic rings. The molecule has 33 heavy (non-hydrogen) atoms. The van der Waals surface area contributed by atoms with Crippen molar-refractivity contribution in [1.29, 1.82) is 0 Å². The molecule has 0 bridgehead atoms. The van der Waals surface area contributed by atoms with Gasteiger partial charge in [0.2, 0.25) is 5.91 Å². The highest BCUT2D eigenvalue weighted by Crippen LogP contribution is 2.26. The molecule has 168 valence electrons. The fraction of sp³-hybridized carbons (Fsp3) is 0.292. The van der Waals surface area contributed by atoms with Gasteiger partial charge < -0.3 is 9.88 Å². The van der Waals surface area contributed by atoms with Crippen LogP contribution < -0.4 is 5.32 Å². The minimum Gasteiger partial charge on any atom is -0.328 e. The first-order valence-corrected chi connectivity index (χ1v) is 11.0. The summed E-state index contributed by atoms with van der Waals surface area (Å²) in [6.45, 7) is 2.71. The Bertz CT molecular complexity index is 1280. The van der Waals surface area contributed by atoms with Crippen molar-refractivity contribution in [3.05, 3.63) is 77.6 Å². The van der Waals surface area contributed by atoms with Gasteiger partial charge in [-0.15, -0.1) is 5.10 Å². The lowest BCUT2D eigenvalue weighted by molar-refractivity contribution is -0.119. The second kappa shape index (κ2) is 8.93. The van der Waals surface area contributed by atoms with Crippen LogP contribution in [0.1, 0.15) is 36.0 Å². The molecule has 1 N–H and O–H groups in total. The van der Waals surface area contributed by atoms with Crippen molar-refractivity contribution < 1.29 is 9.18 Å². The van der Waals surface area contributed by atoms with E-state index in [1.165, 1.54) is 28.9 Å². The SMILES string of the molecule is Cc1nnnn1C(Cc1cccc(F)c1)C(=O)Nc1ccc(-c2ncc3n2CCCC3)cc1. The lowest BCUT2D eigenvalue weighted by Gasteiger charge is -2.18. The van der Waals surface area contributed by atoms with Crippen LogP contribution in [0.2, 0.25) is 0 Å². The number of rotatable bonds is 6. The lowest BCUT2D eigenvalue weighted by atomic mass is 10.0. The van der Waals surface area contributed by atoms with E-state index < -0.39 is 6.04 Å². The van der Waals surface area contributed by atoms with E-state index in [-0.39, 0.29) is 18.1 Å². The van der Waals surface area contributed by atoms with Crippen LogP contribution in [0.4, 0.5) is 10.1 Å². The lowest BCUT2D eigenvalue weighted by Crippen LogP contribution is -2.29. The Labute approximate surface area is 190 Å². The molecule has 8 nitrogen and oxygen atoms in total. The van der Waals surface area contributed by atoms with Gasteiger partial charge in [0.05, 0.1) is 0 Å². The Kier molecular flexibility index (Phi) is 5.68. The second-order valence-electron chi connectivity index (χ2n) is 8.27. The molecule has 0 radical (unpaired) electrons. The highest BCUT2D eigenvalue weighted by atomic mass is 19.1. The first kappa shape index (κ1) is 21.0. The zero-order valence-electron chi connectivity index (χ0n) is 18.3. The molecule has 0 saturated carbocycles. The van der Waals surface area contributed by atoms with Gasteiger partial charge >= 0.3 is 0 Å². The van der Waals surface area contributed by atoms with E-state index in [1.807, 2.05) is 30.5 Å². The van der Waals surface area contributed by atoms with Gasteiger partial charge in [0.15, 0.2) is 0 Å². The molecule has 1 aliphatic heterocycles. The molecule has 9 heteroatoms. The molecule has 0 fully saturated rings. The van der Waals surface area contributed by atoms with Crippen molar-refractivity contribution in [2.45, 2.75) is 45.2 Å². The molecule has 0 spiro atoms. The Morgan fingerprint density at radius 2 is 2.03 bits per heavy atom. The summed E-state index contributed by atoms with van der Waals surface area (Å²) in [5.74, 6) is 0.833. The van der Waals surface area contributed by atoms with Crippen LogP contribution in [-0.4, -0.2) is 35.7 Å². The number of aromatic nitrogens is 6. The van der Waals surface area contributed by atoms with Crippen LogP contribution in [0.15, 0.2) is 54.7 Å². The number of fused-ring (bicyclic) bond motifs is 1. The van der Waals surface area contributed by atoms with E-state index >= 15 is 0 Å². The van der Waals surface area contributed by atoms with Crippen molar-refractivity contribution in [3.63, 3.8) is 0 Å². The van der Waals surface area contributed by atoms with Crippen molar-refractivity contribution in [1.82, 2.24) is 29.8 Å². The van der Waals surface area contributed by atoms with Crippen LogP contribution in [0.3, 0.4) is 0 Å². The number of benzene rings is 2. The molecule has 2 aromatic heterocycles. The molecule has 0 saturated heterocycles. The molecule has 1 atom stereocenters. The standard InChI is InChI=1S/C24H24FN7O/c1-16-28-29-30-32(16)22(14-17-5-4-6-19(25)13-17)24(33)27-20-10-8-18(9-11-20)23-26-15-21-7-2-3-12-31(21)23/h4-6,8-11,13,15,22H,2-3,7,12,14H2,1H3,(H,27,33). The van der Waals surface area contributed by atoms with Gasteiger partial charge in [0.25, 0.3) is 0 Å². The van der Waals surface area contributed by atoms with Gasteiger partial charge in [0, 0.05) is 36.1 Å². The monoisotopic (exact) mass is 445 g/mol. The number of nitrogens with one attached hydrogen (secondary N) is 1. The summed E-state index contributed by atoms with van der Waals surface area (Å²) in [6, 6.07) is 13.1. The van der Waals surface area contributed by atoms with E-state index in [0.29, 0.717) is 17.1 Å². The smallest absolute Gasteiger partial charge is 0.249 e. The first-order valence-electron chi connectivity index (χ1n) is 11.0. The topological polar surface area (TPSA) is 90.5 Å². The highest BCUT2D eigenvalue weighted by molar-refractivity contribution is 5.94. The quantitative estimate of drug-likeness (QED) is 0.488. The van der Waals surface area contributed by atoms with Crippen LogP contribution in [-0.2, 0) is 24.2 Å². The van der Waals surface area contributed by atoms with E-state index in [1.54, 1.807) is 19.1 Å². The second-order valence-corrected chi connectivity index (χ2v) is 8.27. The number of anilines is 1. The fourth-order valence-electron chi connectivity index (χ4n) is 4.30. The van der Waals surface area contributed by atoms with Gasteiger partial charge in [0.1, 0.15) is 23.5 Å². The number of nitrogens with zero attached hydrogens (tertiary/aromatic N) is 6. The van der Waals surface area contributed by atoms with E-state index in [4.69, 9.17) is 0 Å². The zero-order valence-corrected chi connectivity index (χ0v) is 18.3. The molecule has 1 aliphatic rings. The Hall–Kier alpha value is -3.88. The number of tetrazole rings is 1. The predicted octanol–water partition coefficient (Wildman–Crippen LogP) is 3.74. The summed E-state index contributed by atoms with van der Waals surface area (Å²) in [6.07, 6.45) is 5.63. The molecular formula is C24H24FN7O. The molecule has 5 rings (SSSR count). The number of carbonyl (C=O) groups is 1. The Morgan fingerprint density at radius 3 is 2.79 bits per heavy atom. The molecule has 2 aromatic carbocycles. The van der Waals surface area contributed by atoms with Gasteiger partial charge in [-0.1, -0.05) is 12.1 Å². The first-order chi connectivity index (χ1) is 16.1. The van der Waals surface area contributed by atoms with Gasteiger partial charge in [-0.05, 0) is 78.6 Å². The minimum atomic E-state index is -0.721. The average molecular weight is 446 g/mol. The number of amides is 1. The van der Waals surface area contributed by atoms with Gasteiger partial charge in [-0.2, -0.15) is 0 Å². The van der Waals surface area contributed by atoms with Gasteiger partial charge in [-0.25, -0.2) is 14.1 Å². The third-order valence-electron chi connectivity index (χ3n) is 5.99. The van der Waals surface area contributed by atoms with Crippen LogP contribution in [0.25, 0.3) is 11.4 Å². The predicted molar refractivity (Wildman–Crippen MR) is 121 cm³/mol. The number of imidazole rings is 1. The summed E-state index contributed by atoms with van der Waals surface area (Å²) >= 11 is 0. The maximum Gasteiger partial charge on any atom is 0.249 e. The molecule has 3 heterocycles. The number of aryl methyl sites for hydroxylation is 2. The zero-order chi connectivity index (χ0) is 22.8. The fourth-order valence-corrected chi connectivity index (χ4v) is 4.30. The van der Waals surface area contributed by atoms with Crippen molar-refractivity contribution >= 4 is 11.6 Å². The van der Waals surface area contributed by atoms with Crippen molar-refractivity contribution in [2.75, 3.05) is 5.32 Å². The molecular weight excluding hydrogens is 421 g/mol. The van der Waals surface area contributed by atoms with Crippen molar-refractivity contribution in [3.8, 4) is 11.4 Å². The summed E-state index contributed by atoms with van der Waals surface area (Å²) < 4.78 is 17.4. The molecule has 1 unspecified atom stereocenters. The third-order valence-corrected chi connectivity index (χ3v) is 5.99. The third kappa shape index (κ3) is 4.39. The van der Waals surface area contributed by atoms with Crippen LogP contribution in [0.5, 0.6) is 0 Å². The maximum absolute atomic E-state index is 13.7. The number of carbonyl (C=O) groups excluding carboxylic acids is 1. The molecule has 0 aliphatic carbocycles. The van der Waals surface area contributed by atoms with Crippen LogP contribution >= 0.6 is 0 Å². The maximum atomic E-state index is 13.7. The van der Waals surface area contributed by atoms with E-state index in [2.05, 4.69) is 30.4 Å². The van der Waals surface area contributed by atoms with Crippen LogP contribution in [0, 0.1) is 12.7 Å². The summed E-state index contributed by atoms with van der Waals surface area (Å²) in [5, 5.41) is 14.5. The number of hydrogen-bond donors (Lipinski definition) is 1. The summed E-state index contributed by atoms with van der Waals surface area (Å²) in [7, 11) is 0. The highest BCUT2D eigenvalue weighted by Gasteiger charge is 2.25. The normalized spacial score (nSPS) is 14.0. The van der Waals surface area contributed by atoms with E-state index in [9.17, 15) is 9.18 Å². The summed E-state index contributed by atoms with van der Waals surface area (Å²) in [5.41, 5.74) is 3.62. The Balaban J connectivity index is 1.36. The van der Waals surface area contributed by atoms with E-state index in [0.717, 1.165) is 30.8 Å².